The number of aromatic nitrogens is 4. The molecule has 1 aliphatic rings. The van der Waals surface area contributed by atoms with Crippen molar-refractivity contribution in [3.63, 3.8) is 0 Å². The highest BCUT2D eigenvalue weighted by Crippen LogP contribution is 2.36. The van der Waals surface area contributed by atoms with Gasteiger partial charge in [0, 0.05) is 25.5 Å². The number of nitrogens with one attached hydrogen (secondary N) is 1. The van der Waals surface area contributed by atoms with E-state index in [0.717, 1.165) is 12.1 Å². The third-order valence-electron chi connectivity index (χ3n) is 6.48. The van der Waals surface area contributed by atoms with Crippen LogP contribution in [0.4, 0.5) is 24.8 Å². The van der Waals surface area contributed by atoms with Gasteiger partial charge in [0.15, 0.2) is 0 Å². The molecule has 1 fully saturated rings. The van der Waals surface area contributed by atoms with Gasteiger partial charge in [-0.1, -0.05) is 6.07 Å². The molecule has 1 aromatic carbocycles. The first-order valence-electron chi connectivity index (χ1n) is 11.4. The summed E-state index contributed by atoms with van der Waals surface area (Å²) < 4.78 is 47.7. The van der Waals surface area contributed by atoms with E-state index in [0.29, 0.717) is 15.9 Å². The first-order valence-corrected chi connectivity index (χ1v) is 12.2. The van der Waals surface area contributed by atoms with Crippen LogP contribution >= 0.6 is 15.9 Å². The smallest absolute Gasteiger partial charge is 0.383 e. The van der Waals surface area contributed by atoms with Crippen LogP contribution in [-0.2, 0) is 27.0 Å². The van der Waals surface area contributed by atoms with Crippen LogP contribution < -0.4 is 11.1 Å². The molecule has 2 atom stereocenters. The molecule has 0 aliphatic carbocycles. The highest BCUT2D eigenvalue weighted by atomic mass is 79.9. The number of pyridine rings is 1. The minimum absolute atomic E-state index is 0.00933. The first kappa shape index (κ1) is 25.9. The SMILES string of the molecule is CO[C@@H]1C[C@H](C(=O)Nc2cccc(Br)n2)N(C(=O)Cn2c3ccc(C(F)(F)F)cc3c3c(N)ncnc32)C1. The summed E-state index contributed by atoms with van der Waals surface area (Å²) in [5.74, 6) is -0.576. The number of anilines is 2. The number of ether oxygens (including phenoxy) is 1. The average molecular weight is 592 g/mol. The molecule has 14 heteroatoms. The molecule has 0 bridgehead atoms. The summed E-state index contributed by atoms with van der Waals surface area (Å²) in [5.41, 5.74) is 5.69. The zero-order valence-electron chi connectivity index (χ0n) is 19.9. The number of hydrogen-bond acceptors (Lipinski definition) is 7. The maximum absolute atomic E-state index is 13.6. The van der Waals surface area contributed by atoms with Gasteiger partial charge in [0.1, 0.15) is 40.8 Å². The van der Waals surface area contributed by atoms with E-state index in [4.69, 9.17) is 10.5 Å². The summed E-state index contributed by atoms with van der Waals surface area (Å²) >= 11 is 3.25. The lowest BCUT2D eigenvalue weighted by Gasteiger charge is -2.24. The Morgan fingerprint density at radius 2 is 2.03 bits per heavy atom. The molecular formula is C24H21BrF3N7O3. The molecule has 0 radical (unpaired) electrons. The Labute approximate surface area is 222 Å². The lowest BCUT2D eigenvalue weighted by molar-refractivity contribution is -0.137. The molecule has 3 aromatic heterocycles. The van der Waals surface area contributed by atoms with E-state index in [1.807, 2.05) is 0 Å². The monoisotopic (exact) mass is 591 g/mol. The Kier molecular flexibility index (Phi) is 6.69. The average Bonchev–Trinajstić information content (AvgIpc) is 3.44. The van der Waals surface area contributed by atoms with Crippen LogP contribution in [-0.4, -0.2) is 62.0 Å². The summed E-state index contributed by atoms with van der Waals surface area (Å²) in [6.07, 6.45) is -3.51. The van der Waals surface area contributed by atoms with E-state index in [-0.39, 0.29) is 47.9 Å². The van der Waals surface area contributed by atoms with Crippen LogP contribution in [0, 0.1) is 0 Å². The van der Waals surface area contributed by atoms with E-state index in [9.17, 15) is 22.8 Å². The Bertz CT molecular complexity index is 1560. The van der Waals surface area contributed by atoms with Crippen molar-refractivity contribution in [2.24, 2.45) is 0 Å². The summed E-state index contributed by atoms with van der Waals surface area (Å²) in [5, 5.41) is 3.11. The minimum Gasteiger partial charge on any atom is -0.383 e. The molecule has 4 aromatic rings. The predicted octanol–water partition coefficient (Wildman–Crippen LogP) is 3.60. The van der Waals surface area contributed by atoms with Crippen molar-refractivity contribution in [2.75, 3.05) is 24.7 Å². The van der Waals surface area contributed by atoms with Crippen molar-refractivity contribution in [3.8, 4) is 0 Å². The Balaban J connectivity index is 1.49. The number of carbonyl (C=O) groups excluding carboxylic acids is 2. The van der Waals surface area contributed by atoms with Crippen molar-refractivity contribution in [1.82, 2.24) is 24.4 Å². The van der Waals surface area contributed by atoms with Gasteiger partial charge >= 0.3 is 6.18 Å². The molecule has 38 heavy (non-hydrogen) atoms. The molecule has 2 amide bonds. The van der Waals surface area contributed by atoms with Gasteiger partial charge in [-0.2, -0.15) is 13.2 Å². The third-order valence-corrected chi connectivity index (χ3v) is 6.92. The van der Waals surface area contributed by atoms with Crippen LogP contribution in [0.25, 0.3) is 21.9 Å². The number of nitrogen functional groups attached to an aromatic ring is 1. The van der Waals surface area contributed by atoms with Crippen LogP contribution in [0.15, 0.2) is 47.3 Å². The number of amides is 2. The maximum atomic E-state index is 13.6. The second-order valence-electron chi connectivity index (χ2n) is 8.76. The van der Waals surface area contributed by atoms with E-state index >= 15 is 0 Å². The number of alkyl halides is 3. The van der Waals surface area contributed by atoms with Gasteiger partial charge in [0.2, 0.25) is 11.8 Å². The fourth-order valence-electron chi connectivity index (χ4n) is 4.68. The van der Waals surface area contributed by atoms with Gasteiger partial charge in [0.05, 0.1) is 22.6 Å². The van der Waals surface area contributed by atoms with E-state index in [1.54, 1.807) is 18.2 Å². The van der Waals surface area contributed by atoms with Crippen molar-refractivity contribution < 1.29 is 27.5 Å². The summed E-state index contributed by atoms with van der Waals surface area (Å²) in [7, 11) is 1.49. The standard InChI is InChI=1S/C24H21BrF3N7O3/c1-38-13-8-16(23(37)33-18-4-2-3-17(25)32-18)34(9-13)19(36)10-35-15-6-5-12(24(26,27)28)7-14(15)20-21(29)30-11-31-22(20)35/h2-7,11,13,16H,8-10H2,1H3,(H2,29,30,31)(H,32,33,37)/t13-,16-/m1/s1. The van der Waals surface area contributed by atoms with Crippen molar-refractivity contribution in [3.05, 3.63) is 52.9 Å². The molecule has 0 saturated carbocycles. The molecule has 198 valence electrons. The largest absolute Gasteiger partial charge is 0.416 e. The molecule has 1 saturated heterocycles. The van der Waals surface area contributed by atoms with Crippen LogP contribution in [0.3, 0.4) is 0 Å². The second-order valence-corrected chi connectivity index (χ2v) is 9.58. The summed E-state index contributed by atoms with van der Waals surface area (Å²) in [6.45, 7) is -0.136. The van der Waals surface area contributed by atoms with Gasteiger partial charge in [-0.15, -0.1) is 0 Å². The van der Waals surface area contributed by atoms with Crippen molar-refractivity contribution >= 4 is 61.3 Å². The molecular weight excluding hydrogens is 571 g/mol. The summed E-state index contributed by atoms with van der Waals surface area (Å²) in [6, 6.07) is 7.37. The molecule has 10 nitrogen and oxygen atoms in total. The molecule has 3 N–H and O–H groups in total. The number of benzene rings is 1. The van der Waals surface area contributed by atoms with Gasteiger partial charge in [0.25, 0.3) is 0 Å². The molecule has 5 rings (SSSR count). The topological polar surface area (TPSA) is 128 Å². The normalized spacial score (nSPS) is 17.9. The van der Waals surface area contributed by atoms with Crippen molar-refractivity contribution in [1.29, 1.82) is 0 Å². The molecule has 0 spiro atoms. The first-order chi connectivity index (χ1) is 18.1. The van der Waals surface area contributed by atoms with Crippen molar-refractivity contribution in [2.45, 2.75) is 31.3 Å². The number of methoxy groups -OCH3 is 1. The number of halogens is 4. The fraction of sp³-hybridized carbons (Fsp3) is 0.292. The Morgan fingerprint density at radius 1 is 1.24 bits per heavy atom. The predicted molar refractivity (Wildman–Crippen MR) is 136 cm³/mol. The van der Waals surface area contributed by atoms with Gasteiger partial charge in [-0.05, 0) is 46.3 Å². The van der Waals surface area contributed by atoms with Crippen LogP contribution in [0.1, 0.15) is 12.0 Å². The Hall–Kier alpha value is -3.78. The Morgan fingerprint density at radius 3 is 2.74 bits per heavy atom. The maximum Gasteiger partial charge on any atom is 0.416 e. The van der Waals surface area contributed by atoms with Gasteiger partial charge in [-0.3, -0.25) is 9.59 Å². The van der Waals surface area contributed by atoms with Crippen LogP contribution in [0.2, 0.25) is 0 Å². The van der Waals surface area contributed by atoms with Gasteiger partial charge in [-0.25, -0.2) is 15.0 Å². The molecule has 1 aliphatic heterocycles. The second kappa shape index (κ2) is 9.83. The lowest BCUT2D eigenvalue weighted by atomic mass is 10.1. The van der Waals surface area contributed by atoms with Crippen LogP contribution in [0.5, 0.6) is 0 Å². The van der Waals surface area contributed by atoms with E-state index in [2.05, 4.69) is 36.2 Å². The minimum atomic E-state index is -4.57. The number of likely N-dealkylation sites (tertiary alicyclic amines) is 1. The number of carbonyl (C=O) groups is 2. The fourth-order valence-corrected chi connectivity index (χ4v) is 5.02. The quantitative estimate of drug-likeness (QED) is 0.339. The van der Waals surface area contributed by atoms with Gasteiger partial charge < -0.3 is 25.3 Å². The molecule has 0 unspecified atom stereocenters. The summed E-state index contributed by atoms with van der Waals surface area (Å²) in [4.78, 5) is 40.4. The zero-order valence-corrected chi connectivity index (χ0v) is 21.5. The molecule has 4 heterocycles. The zero-order chi connectivity index (χ0) is 27.2. The lowest BCUT2D eigenvalue weighted by Crippen LogP contribution is -2.44. The number of fused-ring (bicyclic) bond motifs is 3. The number of hydrogen-bond donors (Lipinski definition) is 2. The van der Waals surface area contributed by atoms with E-state index in [1.165, 1.54) is 29.0 Å². The highest BCUT2D eigenvalue weighted by molar-refractivity contribution is 9.10. The number of nitrogens with two attached hydrogens (primary N) is 1. The number of rotatable bonds is 5. The van der Waals surface area contributed by atoms with E-state index < -0.39 is 29.6 Å². The number of nitrogens with zero attached hydrogens (tertiary/aromatic N) is 5. The third kappa shape index (κ3) is 4.76. The highest BCUT2D eigenvalue weighted by Gasteiger charge is 2.40.